The lowest BCUT2D eigenvalue weighted by molar-refractivity contribution is 0.0971. The quantitative estimate of drug-likeness (QED) is 0.654. The van der Waals surface area contributed by atoms with Gasteiger partial charge < -0.3 is 0 Å². The Balaban J connectivity index is 2.01. The number of hydrogen-bond acceptors (Lipinski definition) is 2. The summed E-state index contributed by atoms with van der Waals surface area (Å²) >= 11 is 0. The van der Waals surface area contributed by atoms with Gasteiger partial charge in [-0.05, 0) is 31.6 Å². The first kappa shape index (κ1) is 17.7. The van der Waals surface area contributed by atoms with E-state index in [2.05, 4.69) is 20.8 Å². The first-order valence-electron chi connectivity index (χ1n) is 8.80. The molecule has 0 N–H and O–H groups in total. The summed E-state index contributed by atoms with van der Waals surface area (Å²) < 4.78 is 0. The lowest BCUT2D eigenvalue weighted by Crippen LogP contribution is -2.21. The van der Waals surface area contributed by atoms with E-state index in [1.807, 2.05) is 12.1 Å². The Morgan fingerprint density at radius 3 is 2.09 bits per heavy atom. The first-order valence-corrected chi connectivity index (χ1v) is 8.80. The van der Waals surface area contributed by atoms with Crippen LogP contribution in [0.2, 0.25) is 0 Å². The standard InChI is InChI=1S/C21H28O2/c1-14(2)8-7-9-15(3)12-13-17-16(4)20(22)18-10-5-6-11-19(18)21(17)23/h5-6,10-11,14-15H,7-9,12-13H2,1-4H3. The molecule has 0 heterocycles. The predicted octanol–water partition coefficient (Wildman–Crippen LogP) is 5.62. The molecule has 0 aromatic heterocycles. The summed E-state index contributed by atoms with van der Waals surface area (Å²) in [5.74, 6) is 1.41. The van der Waals surface area contributed by atoms with Gasteiger partial charge in [-0.15, -0.1) is 0 Å². The molecule has 23 heavy (non-hydrogen) atoms. The highest BCUT2D eigenvalue weighted by atomic mass is 16.1. The van der Waals surface area contributed by atoms with Gasteiger partial charge in [0.1, 0.15) is 0 Å². The van der Waals surface area contributed by atoms with Crippen LogP contribution in [0.15, 0.2) is 35.4 Å². The van der Waals surface area contributed by atoms with Gasteiger partial charge in [-0.1, -0.05) is 64.3 Å². The van der Waals surface area contributed by atoms with E-state index in [1.54, 1.807) is 19.1 Å². The molecule has 0 aliphatic heterocycles. The molecular formula is C21H28O2. The number of rotatable bonds is 7. The van der Waals surface area contributed by atoms with E-state index in [0.29, 0.717) is 29.0 Å². The Kier molecular flexibility index (Phi) is 5.92. The van der Waals surface area contributed by atoms with Gasteiger partial charge in [0.15, 0.2) is 11.6 Å². The van der Waals surface area contributed by atoms with Crippen molar-refractivity contribution >= 4 is 11.6 Å². The van der Waals surface area contributed by atoms with Gasteiger partial charge >= 0.3 is 0 Å². The fourth-order valence-electron chi connectivity index (χ4n) is 3.26. The van der Waals surface area contributed by atoms with Gasteiger partial charge in [-0.25, -0.2) is 0 Å². The molecule has 1 aliphatic carbocycles. The molecule has 1 aliphatic rings. The number of carbonyl (C=O) groups is 2. The molecule has 2 rings (SSSR count). The second-order valence-corrected chi connectivity index (χ2v) is 7.28. The number of Topliss-reactive ketones (excluding diaryl/α,β-unsaturated/α-hetero) is 2. The smallest absolute Gasteiger partial charge is 0.190 e. The molecule has 0 fully saturated rings. The van der Waals surface area contributed by atoms with E-state index in [-0.39, 0.29) is 11.6 Å². The van der Waals surface area contributed by atoms with Crippen LogP contribution in [0.25, 0.3) is 0 Å². The molecule has 0 amide bonds. The Morgan fingerprint density at radius 1 is 0.870 bits per heavy atom. The monoisotopic (exact) mass is 312 g/mol. The average Bonchev–Trinajstić information content (AvgIpc) is 2.52. The number of ketones is 2. The molecule has 1 aromatic carbocycles. The van der Waals surface area contributed by atoms with Gasteiger partial charge in [-0.2, -0.15) is 0 Å². The van der Waals surface area contributed by atoms with Gasteiger partial charge in [-0.3, -0.25) is 9.59 Å². The van der Waals surface area contributed by atoms with E-state index in [4.69, 9.17) is 0 Å². The van der Waals surface area contributed by atoms with Gasteiger partial charge in [0.2, 0.25) is 0 Å². The van der Waals surface area contributed by atoms with Crippen molar-refractivity contribution in [3.8, 4) is 0 Å². The second kappa shape index (κ2) is 7.72. The van der Waals surface area contributed by atoms with Crippen LogP contribution in [0, 0.1) is 11.8 Å². The number of carbonyl (C=O) groups excluding carboxylic acids is 2. The third-order valence-electron chi connectivity index (χ3n) is 4.85. The third-order valence-corrected chi connectivity index (χ3v) is 4.85. The van der Waals surface area contributed by atoms with Crippen molar-refractivity contribution in [1.29, 1.82) is 0 Å². The molecule has 1 unspecified atom stereocenters. The molecule has 2 heteroatoms. The van der Waals surface area contributed by atoms with E-state index in [1.165, 1.54) is 19.3 Å². The van der Waals surface area contributed by atoms with Gasteiger partial charge in [0.05, 0.1) is 0 Å². The van der Waals surface area contributed by atoms with Crippen LogP contribution >= 0.6 is 0 Å². The fraction of sp³-hybridized carbons (Fsp3) is 0.524. The van der Waals surface area contributed by atoms with Crippen LogP contribution in [0.3, 0.4) is 0 Å². The Morgan fingerprint density at radius 2 is 1.48 bits per heavy atom. The summed E-state index contributed by atoms with van der Waals surface area (Å²) in [5.41, 5.74) is 2.50. The van der Waals surface area contributed by atoms with Gasteiger partial charge in [0.25, 0.3) is 0 Å². The molecule has 124 valence electrons. The molecule has 1 aromatic rings. The average molecular weight is 312 g/mol. The Bertz CT molecular complexity index is 622. The minimum absolute atomic E-state index is 0.0164. The second-order valence-electron chi connectivity index (χ2n) is 7.28. The van der Waals surface area contributed by atoms with Crippen molar-refractivity contribution in [1.82, 2.24) is 0 Å². The maximum absolute atomic E-state index is 12.7. The summed E-state index contributed by atoms with van der Waals surface area (Å²) in [5, 5.41) is 0. The maximum atomic E-state index is 12.7. The lowest BCUT2D eigenvalue weighted by atomic mass is 9.81. The van der Waals surface area contributed by atoms with Crippen LogP contribution < -0.4 is 0 Å². The topological polar surface area (TPSA) is 34.1 Å². The predicted molar refractivity (Wildman–Crippen MR) is 94.9 cm³/mol. The summed E-state index contributed by atoms with van der Waals surface area (Å²) in [4.78, 5) is 25.1. The normalized spacial score (nSPS) is 16.0. The number of hydrogen-bond donors (Lipinski definition) is 0. The number of allylic oxidation sites excluding steroid dienone is 2. The lowest BCUT2D eigenvalue weighted by Gasteiger charge is -2.20. The molecule has 2 nitrogen and oxygen atoms in total. The zero-order valence-electron chi connectivity index (χ0n) is 14.8. The highest BCUT2D eigenvalue weighted by molar-refractivity contribution is 6.26. The highest BCUT2D eigenvalue weighted by Gasteiger charge is 2.29. The minimum Gasteiger partial charge on any atom is -0.289 e. The van der Waals surface area contributed by atoms with Crippen LogP contribution in [0.4, 0.5) is 0 Å². The van der Waals surface area contributed by atoms with Crippen LogP contribution in [-0.2, 0) is 0 Å². The molecule has 0 saturated heterocycles. The Hall–Kier alpha value is -1.70. The van der Waals surface area contributed by atoms with Crippen molar-refractivity contribution in [2.24, 2.45) is 11.8 Å². The zero-order valence-corrected chi connectivity index (χ0v) is 14.8. The molecular weight excluding hydrogens is 284 g/mol. The number of fused-ring (bicyclic) bond motifs is 1. The third kappa shape index (κ3) is 4.19. The molecule has 1 atom stereocenters. The largest absolute Gasteiger partial charge is 0.289 e. The van der Waals surface area contributed by atoms with Crippen molar-refractivity contribution in [3.05, 3.63) is 46.5 Å². The van der Waals surface area contributed by atoms with Crippen molar-refractivity contribution in [3.63, 3.8) is 0 Å². The van der Waals surface area contributed by atoms with Crippen molar-refractivity contribution < 1.29 is 9.59 Å². The zero-order chi connectivity index (χ0) is 17.0. The van der Waals surface area contributed by atoms with E-state index in [0.717, 1.165) is 17.9 Å². The number of benzene rings is 1. The summed E-state index contributed by atoms with van der Waals surface area (Å²) in [6.45, 7) is 8.55. The fourth-order valence-corrected chi connectivity index (χ4v) is 3.26. The molecule has 0 saturated carbocycles. The van der Waals surface area contributed by atoms with Crippen LogP contribution in [-0.4, -0.2) is 11.6 Å². The summed E-state index contributed by atoms with van der Waals surface area (Å²) in [6.07, 6.45) is 5.40. The van der Waals surface area contributed by atoms with E-state index >= 15 is 0 Å². The van der Waals surface area contributed by atoms with Crippen molar-refractivity contribution in [2.45, 2.75) is 59.8 Å². The Labute approximate surface area is 140 Å². The van der Waals surface area contributed by atoms with Crippen LogP contribution in [0.5, 0.6) is 0 Å². The molecule has 0 bridgehead atoms. The highest BCUT2D eigenvalue weighted by Crippen LogP contribution is 2.30. The maximum Gasteiger partial charge on any atom is 0.190 e. The summed E-state index contributed by atoms with van der Waals surface area (Å²) in [7, 11) is 0. The summed E-state index contributed by atoms with van der Waals surface area (Å²) in [6, 6.07) is 7.17. The van der Waals surface area contributed by atoms with Crippen molar-refractivity contribution in [2.75, 3.05) is 0 Å². The minimum atomic E-state index is 0.0164. The van der Waals surface area contributed by atoms with Gasteiger partial charge in [0, 0.05) is 22.3 Å². The molecule has 0 radical (unpaired) electrons. The molecule has 0 spiro atoms. The van der Waals surface area contributed by atoms with E-state index in [9.17, 15) is 9.59 Å². The van der Waals surface area contributed by atoms with Crippen LogP contribution in [0.1, 0.15) is 80.5 Å². The SMILES string of the molecule is CC1=C(CCC(C)CCCC(C)C)C(=O)c2ccccc2C1=O. The first-order chi connectivity index (χ1) is 10.9. The van der Waals surface area contributed by atoms with E-state index < -0.39 is 0 Å².